The average molecular weight is 232 g/mol. The maximum Gasteiger partial charge on any atom is 0.0392 e. The van der Waals surface area contributed by atoms with Crippen molar-refractivity contribution in [3.8, 4) is 0 Å². The molecule has 1 unspecified atom stereocenters. The lowest BCUT2D eigenvalue weighted by Crippen LogP contribution is -2.28. The minimum Gasteiger partial charge on any atom is -0.398 e. The molecule has 94 valence electrons. The maximum atomic E-state index is 5.93. The number of nitrogen functional groups attached to an aromatic ring is 1. The van der Waals surface area contributed by atoms with E-state index in [4.69, 9.17) is 5.73 Å². The molecule has 17 heavy (non-hydrogen) atoms. The van der Waals surface area contributed by atoms with Gasteiger partial charge in [-0.2, -0.15) is 0 Å². The molecular formula is C15H24N2. The van der Waals surface area contributed by atoms with Crippen molar-refractivity contribution in [1.29, 1.82) is 0 Å². The Hall–Kier alpha value is -1.18. The molecule has 2 heteroatoms. The summed E-state index contributed by atoms with van der Waals surface area (Å²) in [4.78, 5) is 0. The van der Waals surface area contributed by atoms with E-state index in [2.05, 4.69) is 25.2 Å². The number of benzene rings is 1. The van der Waals surface area contributed by atoms with Crippen LogP contribution in [0.3, 0.4) is 0 Å². The number of nitrogens with one attached hydrogen (secondary N) is 1. The molecule has 0 amide bonds. The summed E-state index contributed by atoms with van der Waals surface area (Å²) < 4.78 is 0. The van der Waals surface area contributed by atoms with E-state index in [-0.39, 0.29) is 0 Å². The van der Waals surface area contributed by atoms with Gasteiger partial charge in [0, 0.05) is 17.4 Å². The van der Waals surface area contributed by atoms with Gasteiger partial charge in [-0.3, -0.25) is 0 Å². The topological polar surface area (TPSA) is 38.0 Å². The Morgan fingerprint density at radius 1 is 1.24 bits per heavy atom. The molecule has 1 saturated carbocycles. The number of rotatable bonds is 3. The second-order valence-electron chi connectivity index (χ2n) is 5.35. The SMILES string of the molecule is Cc1c(N)cccc1NC(C)C1CCCCC1. The van der Waals surface area contributed by atoms with Crippen molar-refractivity contribution in [3.63, 3.8) is 0 Å². The summed E-state index contributed by atoms with van der Waals surface area (Å²) in [6.07, 6.45) is 6.95. The maximum absolute atomic E-state index is 5.93. The van der Waals surface area contributed by atoms with Crippen molar-refractivity contribution in [3.05, 3.63) is 23.8 Å². The molecule has 0 heterocycles. The Balaban J connectivity index is 2.01. The first-order valence-electron chi connectivity index (χ1n) is 6.80. The van der Waals surface area contributed by atoms with Crippen LogP contribution in [-0.2, 0) is 0 Å². The molecular weight excluding hydrogens is 208 g/mol. The van der Waals surface area contributed by atoms with Crippen LogP contribution in [-0.4, -0.2) is 6.04 Å². The van der Waals surface area contributed by atoms with Gasteiger partial charge in [-0.1, -0.05) is 25.3 Å². The standard InChI is InChI=1S/C15H24N2/c1-11-14(16)9-6-10-15(11)17-12(2)13-7-4-3-5-8-13/h6,9-10,12-13,17H,3-5,7-8,16H2,1-2H3. The van der Waals surface area contributed by atoms with Gasteiger partial charge < -0.3 is 11.1 Å². The third-order valence-corrected chi connectivity index (χ3v) is 4.12. The van der Waals surface area contributed by atoms with Crippen molar-refractivity contribution in [2.45, 2.75) is 52.0 Å². The fourth-order valence-electron chi connectivity index (χ4n) is 2.81. The van der Waals surface area contributed by atoms with Gasteiger partial charge in [-0.25, -0.2) is 0 Å². The van der Waals surface area contributed by atoms with Crippen LogP contribution in [0.1, 0.15) is 44.6 Å². The van der Waals surface area contributed by atoms with Crippen LogP contribution in [0.5, 0.6) is 0 Å². The Kier molecular flexibility index (Phi) is 3.93. The van der Waals surface area contributed by atoms with Crippen LogP contribution in [0.4, 0.5) is 11.4 Å². The summed E-state index contributed by atoms with van der Waals surface area (Å²) >= 11 is 0. The Morgan fingerprint density at radius 3 is 2.65 bits per heavy atom. The Bertz CT molecular complexity index is 367. The predicted octanol–water partition coefficient (Wildman–Crippen LogP) is 3.96. The lowest BCUT2D eigenvalue weighted by atomic mass is 9.84. The van der Waals surface area contributed by atoms with Crippen LogP contribution >= 0.6 is 0 Å². The molecule has 1 fully saturated rings. The van der Waals surface area contributed by atoms with Crippen molar-refractivity contribution in [1.82, 2.24) is 0 Å². The fourth-order valence-corrected chi connectivity index (χ4v) is 2.81. The van der Waals surface area contributed by atoms with E-state index < -0.39 is 0 Å². The molecule has 1 aromatic rings. The summed E-state index contributed by atoms with van der Waals surface area (Å²) in [6.45, 7) is 4.39. The highest BCUT2D eigenvalue weighted by atomic mass is 14.9. The van der Waals surface area contributed by atoms with Crippen molar-refractivity contribution in [2.75, 3.05) is 11.1 Å². The summed E-state index contributed by atoms with van der Waals surface area (Å²) in [7, 11) is 0. The van der Waals surface area contributed by atoms with E-state index in [1.54, 1.807) is 0 Å². The molecule has 0 bridgehead atoms. The van der Waals surface area contributed by atoms with Gasteiger partial charge in [0.1, 0.15) is 0 Å². The highest BCUT2D eigenvalue weighted by Gasteiger charge is 2.20. The summed E-state index contributed by atoms with van der Waals surface area (Å²) in [5, 5.41) is 3.64. The molecule has 0 saturated heterocycles. The first-order valence-corrected chi connectivity index (χ1v) is 6.80. The van der Waals surface area contributed by atoms with Crippen LogP contribution in [0.2, 0.25) is 0 Å². The second-order valence-corrected chi connectivity index (χ2v) is 5.35. The first-order chi connectivity index (χ1) is 8.18. The smallest absolute Gasteiger partial charge is 0.0392 e. The number of nitrogens with two attached hydrogens (primary N) is 1. The van der Waals surface area contributed by atoms with E-state index >= 15 is 0 Å². The lowest BCUT2D eigenvalue weighted by Gasteiger charge is -2.29. The Labute approximate surface area is 105 Å². The van der Waals surface area contributed by atoms with E-state index in [1.165, 1.54) is 43.4 Å². The quantitative estimate of drug-likeness (QED) is 0.774. The van der Waals surface area contributed by atoms with Crippen LogP contribution in [0, 0.1) is 12.8 Å². The highest BCUT2D eigenvalue weighted by molar-refractivity contribution is 5.63. The van der Waals surface area contributed by atoms with Gasteiger partial charge >= 0.3 is 0 Å². The monoisotopic (exact) mass is 232 g/mol. The zero-order valence-corrected chi connectivity index (χ0v) is 11.0. The van der Waals surface area contributed by atoms with Crippen LogP contribution in [0.15, 0.2) is 18.2 Å². The predicted molar refractivity (Wildman–Crippen MR) is 75.3 cm³/mol. The van der Waals surface area contributed by atoms with E-state index in [0.29, 0.717) is 6.04 Å². The minimum atomic E-state index is 0.552. The molecule has 1 aliphatic carbocycles. The van der Waals surface area contributed by atoms with Gasteiger partial charge in [0.2, 0.25) is 0 Å². The van der Waals surface area contributed by atoms with Gasteiger partial charge in [0.25, 0.3) is 0 Å². The zero-order chi connectivity index (χ0) is 12.3. The largest absolute Gasteiger partial charge is 0.398 e. The third kappa shape index (κ3) is 2.93. The van der Waals surface area contributed by atoms with Gasteiger partial charge in [-0.15, -0.1) is 0 Å². The molecule has 0 aromatic heterocycles. The lowest BCUT2D eigenvalue weighted by molar-refractivity contribution is 0.328. The van der Waals surface area contributed by atoms with Crippen LogP contribution in [0.25, 0.3) is 0 Å². The molecule has 0 spiro atoms. The molecule has 3 N–H and O–H groups in total. The average Bonchev–Trinajstić information content (AvgIpc) is 2.36. The molecule has 0 aliphatic heterocycles. The molecule has 1 atom stereocenters. The second kappa shape index (κ2) is 5.44. The third-order valence-electron chi connectivity index (χ3n) is 4.12. The van der Waals surface area contributed by atoms with Crippen molar-refractivity contribution in [2.24, 2.45) is 5.92 Å². The minimum absolute atomic E-state index is 0.552. The molecule has 1 aromatic carbocycles. The molecule has 2 rings (SSSR count). The normalized spacial score (nSPS) is 18.9. The summed E-state index contributed by atoms with van der Waals surface area (Å²) in [5.74, 6) is 0.824. The van der Waals surface area contributed by atoms with Gasteiger partial charge in [-0.05, 0) is 50.3 Å². The zero-order valence-electron chi connectivity index (χ0n) is 11.0. The molecule has 2 nitrogen and oxygen atoms in total. The highest BCUT2D eigenvalue weighted by Crippen LogP contribution is 2.29. The van der Waals surface area contributed by atoms with E-state index in [0.717, 1.165) is 11.6 Å². The summed E-state index contributed by atoms with van der Waals surface area (Å²) in [5.41, 5.74) is 9.19. The van der Waals surface area contributed by atoms with Crippen molar-refractivity contribution < 1.29 is 0 Å². The number of hydrogen-bond acceptors (Lipinski definition) is 2. The van der Waals surface area contributed by atoms with E-state index in [1.807, 2.05) is 12.1 Å². The summed E-state index contributed by atoms with van der Waals surface area (Å²) in [6, 6.07) is 6.67. The van der Waals surface area contributed by atoms with Crippen LogP contribution < -0.4 is 11.1 Å². The van der Waals surface area contributed by atoms with Gasteiger partial charge in [0.05, 0.1) is 0 Å². The number of hydrogen-bond donors (Lipinski definition) is 2. The number of anilines is 2. The van der Waals surface area contributed by atoms with E-state index in [9.17, 15) is 0 Å². The molecule has 1 aliphatic rings. The molecule has 0 radical (unpaired) electrons. The fraction of sp³-hybridized carbons (Fsp3) is 0.600. The Morgan fingerprint density at radius 2 is 1.94 bits per heavy atom. The first kappa shape index (κ1) is 12.3. The van der Waals surface area contributed by atoms with Crippen molar-refractivity contribution >= 4 is 11.4 Å². The van der Waals surface area contributed by atoms with Gasteiger partial charge in [0.15, 0.2) is 0 Å².